The van der Waals surface area contributed by atoms with Gasteiger partial charge in [-0.1, -0.05) is 53.6 Å². The number of aryl methyl sites for hydroxylation is 3. The van der Waals surface area contributed by atoms with Gasteiger partial charge >= 0.3 is 5.97 Å². The summed E-state index contributed by atoms with van der Waals surface area (Å²) in [6, 6.07) is 18.9. The van der Waals surface area contributed by atoms with Crippen molar-refractivity contribution in [2.75, 3.05) is 0 Å². The first-order chi connectivity index (χ1) is 13.4. The van der Waals surface area contributed by atoms with E-state index in [0.717, 1.165) is 39.8 Å². The Bertz CT molecular complexity index is 984. The van der Waals surface area contributed by atoms with Gasteiger partial charge in [0.2, 0.25) is 0 Å². The second-order valence-electron chi connectivity index (χ2n) is 6.66. The molecular formula is C23H20BrClO3. The first kappa shape index (κ1) is 20.4. The Morgan fingerprint density at radius 3 is 2.46 bits per heavy atom. The van der Waals surface area contributed by atoms with Crippen molar-refractivity contribution in [2.45, 2.75) is 26.4 Å². The third-order valence-corrected chi connectivity index (χ3v) is 5.24. The Labute approximate surface area is 178 Å². The maximum absolute atomic E-state index is 11.0. The van der Waals surface area contributed by atoms with E-state index in [2.05, 4.69) is 35.0 Å². The molecule has 5 heteroatoms. The van der Waals surface area contributed by atoms with Crippen molar-refractivity contribution in [2.24, 2.45) is 0 Å². The fraction of sp³-hybridized carbons (Fsp3) is 0.174. The number of benzene rings is 3. The molecular weight excluding hydrogens is 440 g/mol. The average Bonchev–Trinajstić information content (AvgIpc) is 2.65. The Kier molecular flexibility index (Phi) is 6.76. The summed E-state index contributed by atoms with van der Waals surface area (Å²) >= 11 is 9.81. The van der Waals surface area contributed by atoms with Crippen molar-refractivity contribution in [1.29, 1.82) is 0 Å². The number of hydrogen-bond acceptors (Lipinski definition) is 2. The zero-order valence-corrected chi connectivity index (χ0v) is 17.8. The van der Waals surface area contributed by atoms with Gasteiger partial charge in [-0.15, -0.1) is 0 Å². The van der Waals surface area contributed by atoms with Crippen LogP contribution in [0.1, 0.15) is 32.6 Å². The van der Waals surface area contributed by atoms with E-state index < -0.39 is 5.97 Å². The van der Waals surface area contributed by atoms with Crippen LogP contribution in [-0.4, -0.2) is 11.1 Å². The van der Waals surface area contributed by atoms with Crippen molar-refractivity contribution in [3.63, 3.8) is 0 Å². The lowest BCUT2D eigenvalue weighted by molar-refractivity contribution is 0.0697. The van der Waals surface area contributed by atoms with E-state index in [0.29, 0.717) is 11.6 Å². The topological polar surface area (TPSA) is 46.5 Å². The maximum Gasteiger partial charge on any atom is 0.335 e. The SMILES string of the molecule is Cc1cccc(COc2c(Br)cc(Cl)cc2CCc2ccc(C(=O)O)cc2)c1. The van der Waals surface area contributed by atoms with E-state index in [4.69, 9.17) is 21.4 Å². The molecule has 0 amide bonds. The highest BCUT2D eigenvalue weighted by Gasteiger charge is 2.12. The number of carbonyl (C=O) groups is 1. The highest BCUT2D eigenvalue weighted by molar-refractivity contribution is 9.10. The lowest BCUT2D eigenvalue weighted by Crippen LogP contribution is -2.02. The Balaban J connectivity index is 1.75. The second kappa shape index (κ2) is 9.26. The average molecular weight is 460 g/mol. The van der Waals surface area contributed by atoms with Crippen molar-refractivity contribution in [3.8, 4) is 5.75 Å². The monoisotopic (exact) mass is 458 g/mol. The molecule has 0 saturated heterocycles. The zero-order chi connectivity index (χ0) is 20.1. The van der Waals surface area contributed by atoms with Crippen LogP contribution in [-0.2, 0) is 19.4 Å². The van der Waals surface area contributed by atoms with Crippen LogP contribution in [0, 0.1) is 6.92 Å². The minimum absolute atomic E-state index is 0.288. The summed E-state index contributed by atoms with van der Waals surface area (Å²) in [5.74, 6) is -0.134. The van der Waals surface area contributed by atoms with E-state index in [-0.39, 0.29) is 5.56 Å². The molecule has 0 aliphatic heterocycles. The van der Waals surface area contributed by atoms with Crippen LogP contribution in [0.25, 0.3) is 0 Å². The number of carboxylic acid groups (broad SMARTS) is 1. The molecule has 0 fully saturated rings. The molecule has 144 valence electrons. The highest BCUT2D eigenvalue weighted by Crippen LogP contribution is 2.34. The molecule has 3 aromatic rings. The van der Waals surface area contributed by atoms with Crippen molar-refractivity contribution >= 4 is 33.5 Å². The van der Waals surface area contributed by atoms with Crippen molar-refractivity contribution < 1.29 is 14.6 Å². The molecule has 0 spiro atoms. The molecule has 0 bridgehead atoms. The molecule has 0 aliphatic carbocycles. The maximum atomic E-state index is 11.0. The van der Waals surface area contributed by atoms with Crippen LogP contribution < -0.4 is 4.74 Å². The van der Waals surface area contributed by atoms with Crippen LogP contribution >= 0.6 is 27.5 Å². The van der Waals surface area contributed by atoms with Crippen LogP contribution in [0.3, 0.4) is 0 Å². The van der Waals surface area contributed by atoms with E-state index in [9.17, 15) is 4.79 Å². The summed E-state index contributed by atoms with van der Waals surface area (Å²) in [4.78, 5) is 11.0. The summed E-state index contributed by atoms with van der Waals surface area (Å²) in [5, 5.41) is 9.66. The molecule has 0 unspecified atom stereocenters. The van der Waals surface area contributed by atoms with Crippen LogP contribution in [0.4, 0.5) is 0 Å². The minimum Gasteiger partial charge on any atom is -0.487 e. The van der Waals surface area contributed by atoms with Gasteiger partial charge in [0.25, 0.3) is 0 Å². The van der Waals surface area contributed by atoms with Crippen LogP contribution in [0.15, 0.2) is 65.1 Å². The number of halogens is 2. The summed E-state index contributed by atoms with van der Waals surface area (Å²) in [7, 11) is 0. The smallest absolute Gasteiger partial charge is 0.335 e. The normalized spacial score (nSPS) is 10.7. The molecule has 0 atom stereocenters. The lowest BCUT2D eigenvalue weighted by Gasteiger charge is -2.15. The summed E-state index contributed by atoms with van der Waals surface area (Å²) in [6.07, 6.45) is 1.49. The molecule has 3 aromatic carbocycles. The van der Waals surface area contributed by atoms with E-state index in [1.165, 1.54) is 5.56 Å². The minimum atomic E-state index is -0.919. The largest absolute Gasteiger partial charge is 0.487 e. The predicted molar refractivity (Wildman–Crippen MR) is 115 cm³/mol. The van der Waals surface area contributed by atoms with Gasteiger partial charge in [-0.2, -0.15) is 0 Å². The molecule has 0 aromatic heterocycles. The molecule has 0 aliphatic rings. The fourth-order valence-corrected chi connectivity index (χ4v) is 4.00. The van der Waals surface area contributed by atoms with Crippen molar-refractivity contribution in [3.05, 3.63) is 98.0 Å². The number of aromatic carboxylic acids is 1. The van der Waals surface area contributed by atoms with E-state index in [1.807, 2.05) is 36.4 Å². The van der Waals surface area contributed by atoms with Gasteiger partial charge in [-0.05, 0) is 76.7 Å². The summed E-state index contributed by atoms with van der Waals surface area (Å²) in [6.45, 7) is 2.53. The quantitative estimate of drug-likeness (QED) is 0.440. The molecule has 0 saturated carbocycles. The highest BCUT2D eigenvalue weighted by atomic mass is 79.9. The Morgan fingerprint density at radius 1 is 1.04 bits per heavy atom. The van der Waals surface area contributed by atoms with Gasteiger partial charge in [0.15, 0.2) is 0 Å². The zero-order valence-electron chi connectivity index (χ0n) is 15.4. The first-order valence-corrected chi connectivity index (χ1v) is 10.1. The van der Waals surface area contributed by atoms with Gasteiger partial charge in [-0.25, -0.2) is 4.79 Å². The van der Waals surface area contributed by atoms with Gasteiger partial charge < -0.3 is 9.84 Å². The van der Waals surface area contributed by atoms with E-state index in [1.54, 1.807) is 12.1 Å². The summed E-state index contributed by atoms with van der Waals surface area (Å²) < 4.78 is 6.94. The number of rotatable bonds is 7. The summed E-state index contributed by atoms with van der Waals surface area (Å²) in [5.41, 5.74) is 4.66. The number of hydrogen-bond donors (Lipinski definition) is 1. The molecule has 3 nitrogen and oxygen atoms in total. The van der Waals surface area contributed by atoms with Gasteiger partial charge in [0.1, 0.15) is 12.4 Å². The van der Waals surface area contributed by atoms with Gasteiger partial charge in [-0.3, -0.25) is 0 Å². The predicted octanol–water partition coefficient (Wildman–Crippen LogP) is 6.47. The fourth-order valence-electron chi connectivity index (χ4n) is 3.01. The van der Waals surface area contributed by atoms with Crippen molar-refractivity contribution in [1.82, 2.24) is 0 Å². The number of carboxylic acids is 1. The molecule has 1 N–H and O–H groups in total. The lowest BCUT2D eigenvalue weighted by atomic mass is 10.0. The van der Waals surface area contributed by atoms with Gasteiger partial charge in [0.05, 0.1) is 10.0 Å². The van der Waals surface area contributed by atoms with Crippen LogP contribution in [0.5, 0.6) is 5.75 Å². The third-order valence-electron chi connectivity index (χ3n) is 4.43. The van der Waals surface area contributed by atoms with E-state index >= 15 is 0 Å². The molecule has 0 radical (unpaired) electrons. The number of ether oxygens (including phenoxy) is 1. The molecule has 0 heterocycles. The van der Waals surface area contributed by atoms with Crippen LogP contribution in [0.2, 0.25) is 5.02 Å². The first-order valence-electron chi connectivity index (χ1n) is 8.91. The third kappa shape index (κ3) is 5.37. The Morgan fingerprint density at radius 2 is 1.79 bits per heavy atom. The Hall–Kier alpha value is -2.30. The standard InChI is InChI=1S/C23H20BrClO3/c1-15-3-2-4-17(11-15)14-28-22-19(12-20(25)13-21(22)24)10-7-16-5-8-18(9-6-16)23(26)27/h2-6,8-9,11-13H,7,10,14H2,1H3,(H,26,27). The molecule has 28 heavy (non-hydrogen) atoms. The molecule has 3 rings (SSSR count). The van der Waals surface area contributed by atoms with Gasteiger partial charge in [0, 0.05) is 5.02 Å². The second-order valence-corrected chi connectivity index (χ2v) is 7.95.